The first-order chi connectivity index (χ1) is 10.5. The number of hydrogen-bond donors (Lipinski definition) is 2. The third-order valence-corrected chi connectivity index (χ3v) is 3.39. The Morgan fingerprint density at radius 2 is 1.73 bits per heavy atom. The van der Waals surface area contributed by atoms with Crippen LogP contribution in [0, 0.1) is 0 Å². The minimum atomic E-state index is -0.265. The number of fused-ring (bicyclic) bond motifs is 1. The molecule has 1 aromatic carbocycles. The number of nitrogens with one attached hydrogen (secondary N) is 1. The van der Waals surface area contributed by atoms with Gasteiger partial charge in [-0.25, -0.2) is 0 Å². The third-order valence-electron chi connectivity index (χ3n) is 3.39. The average molecular weight is 294 g/mol. The van der Waals surface area contributed by atoms with Gasteiger partial charge in [0.15, 0.2) is 5.78 Å². The SMILES string of the molecule is CC(=O)c1cc2ccc(NC(=O)c3ccc(O)cc3)cn2c1. The fourth-order valence-corrected chi connectivity index (χ4v) is 2.19. The van der Waals surface area contributed by atoms with Crippen LogP contribution in [-0.4, -0.2) is 21.2 Å². The molecule has 0 bridgehead atoms. The van der Waals surface area contributed by atoms with Crippen LogP contribution in [0.25, 0.3) is 5.52 Å². The molecule has 110 valence electrons. The van der Waals surface area contributed by atoms with Crippen LogP contribution in [0.2, 0.25) is 0 Å². The van der Waals surface area contributed by atoms with E-state index < -0.39 is 0 Å². The number of nitrogens with zero attached hydrogens (tertiary/aromatic N) is 1. The van der Waals surface area contributed by atoms with Crippen LogP contribution in [0.1, 0.15) is 27.6 Å². The van der Waals surface area contributed by atoms with E-state index in [2.05, 4.69) is 5.32 Å². The fourth-order valence-electron chi connectivity index (χ4n) is 2.19. The predicted octanol–water partition coefficient (Wildman–Crippen LogP) is 3.10. The number of aromatic nitrogens is 1. The van der Waals surface area contributed by atoms with Gasteiger partial charge >= 0.3 is 0 Å². The molecule has 0 fully saturated rings. The Balaban J connectivity index is 1.85. The number of phenols is 1. The number of hydrogen-bond acceptors (Lipinski definition) is 3. The van der Waals surface area contributed by atoms with Crippen molar-refractivity contribution in [3.05, 3.63) is 66.0 Å². The van der Waals surface area contributed by atoms with Gasteiger partial charge in [-0.15, -0.1) is 0 Å². The van der Waals surface area contributed by atoms with E-state index in [-0.39, 0.29) is 17.4 Å². The highest BCUT2D eigenvalue weighted by Crippen LogP contribution is 2.17. The average Bonchev–Trinajstić information content (AvgIpc) is 2.91. The van der Waals surface area contributed by atoms with Gasteiger partial charge in [0.1, 0.15) is 5.75 Å². The van der Waals surface area contributed by atoms with E-state index >= 15 is 0 Å². The predicted molar refractivity (Wildman–Crippen MR) is 83.5 cm³/mol. The van der Waals surface area contributed by atoms with Crippen molar-refractivity contribution in [3.63, 3.8) is 0 Å². The molecule has 0 aliphatic carbocycles. The summed E-state index contributed by atoms with van der Waals surface area (Å²) in [7, 11) is 0. The smallest absolute Gasteiger partial charge is 0.255 e. The molecule has 0 aliphatic rings. The van der Waals surface area contributed by atoms with Crippen molar-refractivity contribution in [1.82, 2.24) is 4.40 Å². The summed E-state index contributed by atoms with van der Waals surface area (Å²) in [5, 5.41) is 12.0. The van der Waals surface area contributed by atoms with Crippen molar-refractivity contribution in [2.75, 3.05) is 5.32 Å². The summed E-state index contributed by atoms with van der Waals surface area (Å²) in [6.45, 7) is 1.52. The van der Waals surface area contributed by atoms with E-state index in [0.717, 1.165) is 5.52 Å². The number of benzene rings is 1. The number of pyridine rings is 1. The van der Waals surface area contributed by atoms with Crippen LogP contribution in [0.5, 0.6) is 5.75 Å². The van der Waals surface area contributed by atoms with Crippen LogP contribution in [-0.2, 0) is 0 Å². The first kappa shape index (κ1) is 13.9. The molecule has 22 heavy (non-hydrogen) atoms. The van der Waals surface area contributed by atoms with Crippen molar-refractivity contribution in [2.24, 2.45) is 0 Å². The molecular weight excluding hydrogens is 280 g/mol. The second-order valence-electron chi connectivity index (χ2n) is 5.04. The molecule has 0 atom stereocenters. The van der Waals surface area contributed by atoms with Gasteiger partial charge in [-0.05, 0) is 49.4 Å². The Bertz CT molecular complexity index is 863. The molecule has 5 nitrogen and oxygen atoms in total. The van der Waals surface area contributed by atoms with Crippen LogP contribution in [0.4, 0.5) is 5.69 Å². The van der Waals surface area contributed by atoms with E-state index in [4.69, 9.17) is 0 Å². The Kier molecular flexibility index (Phi) is 3.39. The Morgan fingerprint density at radius 1 is 1.00 bits per heavy atom. The van der Waals surface area contributed by atoms with Crippen LogP contribution >= 0.6 is 0 Å². The summed E-state index contributed by atoms with van der Waals surface area (Å²) in [6, 6.07) is 11.4. The monoisotopic (exact) mass is 294 g/mol. The summed E-state index contributed by atoms with van der Waals surface area (Å²) in [6.07, 6.45) is 3.48. The Labute approximate surface area is 126 Å². The Morgan fingerprint density at radius 3 is 2.41 bits per heavy atom. The number of amides is 1. The maximum Gasteiger partial charge on any atom is 0.255 e. The Hall–Kier alpha value is -3.08. The number of phenolic OH excluding ortho intramolecular Hbond substituents is 1. The van der Waals surface area contributed by atoms with E-state index in [1.54, 1.807) is 41.1 Å². The highest BCUT2D eigenvalue weighted by atomic mass is 16.3. The maximum atomic E-state index is 12.1. The standard InChI is InChI=1S/C17H14N2O3/c1-11(20)13-8-15-5-4-14(10-19(15)9-13)18-17(22)12-2-6-16(21)7-3-12/h2-10,21H,1H3,(H,18,22). The van der Waals surface area contributed by atoms with Gasteiger partial charge in [-0.3, -0.25) is 9.59 Å². The molecule has 2 N–H and O–H groups in total. The first-order valence-electron chi connectivity index (χ1n) is 6.76. The summed E-state index contributed by atoms with van der Waals surface area (Å²) < 4.78 is 1.79. The lowest BCUT2D eigenvalue weighted by molar-refractivity contribution is 0.101. The zero-order valence-corrected chi connectivity index (χ0v) is 11.9. The molecule has 0 saturated carbocycles. The normalized spacial score (nSPS) is 10.6. The molecule has 3 aromatic rings. The van der Waals surface area contributed by atoms with E-state index in [1.165, 1.54) is 19.1 Å². The molecule has 2 heterocycles. The molecule has 5 heteroatoms. The highest BCUT2D eigenvalue weighted by Gasteiger charge is 2.08. The lowest BCUT2D eigenvalue weighted by Crippen LogP contribution is -2.11. The molecule has 0 spiro atoms. The van der Waals surface area contributed by atoms with Gasteiger partial charge in [0, 0.05) is 29.0 Å². The van der Waals surface area contributed by atoms with Gasteiger partial charge in [-0.1, -0.05) is 0 Å². The van der Waals surface area contributed by atoms with Gasteiger partial charge < -0.3 is 14.8 Å². The van der Waals surface area contributed by atoms with Crippen LogP contribution < -0.4 is 5.32 Å². The second-order valence-corrected chi connectivity index (χ2v) is 5.04. The maximum absolute atomic E-state index is 12.1. The minimum Gasteiger partial charge on any atom is -0.508 e. The molecule has 0 aliphatic heterocycles. The second kappa shape index (κ2) is 5.37. The molecular formula is C17H14N2O3. The molecule has 0 radical (unpaired) electrons. The summed E-state index contributed by atoms with van der Waals surface area (Å²) in [5.41, 5.74) is 2.58. The fraction of sp³-hybridized carbons (Fsp3) is 0.0588. The van der Waals surface area contributed by atoms with Crippen LogP contribution in [0.15, 0.2) is 54.9 Å². The van der Waals surface area contributed by atoms with Gasteiger partial charge in [0.05, 0.1) is 5.69 Å². The summed E-state index contributed by atoms with van der Waals surface area (Å²) in [4.78, 5) is 23.5. The van der Waals surface area contributed by atoms with Crippen molar-refractivity contribution in [1.29, 1.82) is 0 Å². The van der Waals surface area contributed by atoms with Gasteiger partial charge in [0.25, 0.3) is 5.91 Å². The van der Waals surface area contributed by atoms with E-state index in [9.17, 15) is 14.7 Å². The molecule has 1 amide bonds. The number of carbonyl (C=O) groups is 2. The molecule has 0 unspecified atom stereocenters. The van der Waals surface area contributed by atoms with E-state index in [0.29, 0.717) is 16.8 Å². The number of aromatic hydroxyl groups is 1. The number of carbonyl (C=O) groups excluding carboxylic acids is 2. The number of Topliss-reactive ketones (excluding diaryl/α,β-unsaturated/α-hetero) is 1. The topological polar surface area (TPSA) is 70.8 Å². The minimum absolute atomic E-state index is 0.00150. The number of rotatable bonds is 3. The summed E-state index contributed by atoms with van der Waals surface area (Å²) >= 11 is 0. The summed E-state index contributed by atoms with van der Waals surface area (Å²) in [5.74, 6) is -0.154. The van der Waals surface area contributed by atoms with Crippen molar-refractivity contribution in [3.8, 4) is 5.75 Å². The largest absolute Gasteiger partial charge is 0.508 e. The van der Waals surface area contributed by atoms with E-state index in [1.807, 2.05) is 6.07 Å². The van der Waals surface area contributed by atoms with Gasteiger partial charge in [-0.2, -0.15) is 0 Å². The van der Waals surface area contributed by atoms with Crippen molar-refractivity contribution >= 4 is 22.9 Å². The van der Waals surface area contributed by atoms with Crippen molar-refractivity contribution < 1.29 is 14.7 Å². The zero-order valence-electron chi connectivity index (χ0n) is 11.9. The third kappa shape index (κ3) is 2.69. The number of anilines is 1. The lowest BCUT2D eigenvalue weighted by atomic mass is 10.2. The first-order valence-corrected chi connectivity index (χ1v) is 6.76. The van der Waals surface area contributed by atoms with Crippen LogP contribution in [0.3, 0.4) is 0 Å². The molecule has 3 rings (SSSR count). The number of ketones is 1. The van der Waals surface area contributed by atoms with Crippen molar-refractivity contribution in [2.45, 2.75) is 6.92 Å². The molecule has 2 aromatic heterocycles. The lowest BCUT2D eigenvalue weighted by Gasteiger charge is -2.06. The molecule has 0 saturated heterocycles. The van der Waals surface area contributed by atoms with Gasteiger partial charge in [0.2, 0.25) is 0 Å². The zero-order chi connectivity index (χ0) is 15.7. The highest BCUT2D eigenvalue weighted by molar-refractivity contribution is 6.04. The quantitative estimate of drug-likeness (QED) is 0.729.